The van der Waals surface area contributed by atoms with Crippen LogP contribution >= 0.6 is 0 Å². The van der Waals surface area contributed by atoms with Crippen LogP contribution in [0, 0.1) is 6.92 Å². The van der Waals surface area contributed by atoms with Crippen molar-refractivity contribution < 1.29 is 4.79 Å². The number of hydrogen-bond donors (Lipinski definition) is 2. The normalized spacial score (nSPS) is 10.0. The summed E-state index contributed by atoms with van der Waals surface area (Å²) in [5, 5.41) is 5.88. The fourth-order valence-corrected chi connectivity index (χ4v) is 1.64. The van der Waals surface area contributed by atoms with E-state index in [1.54, 1.807) is 24.4 Å². The minimum Gasteiger partial charge on any atom is -0.370 e. The molecule has 1 amide bonds. The lowest BCUT2D eigenvalue weighted by atomic mass is 10.3. The molecule has 0 aliphatic carbocycles. The summed E-state index contributed by atoms with van der Waals surface area (Å²) in [4.78, 5) is 20.5. The molecule has 0 fully saturated rings. The zero-order chi connectivity index (χ0) is 13.7. The monoisotopic (exact) mass is 256 g/mol. The Morgan fingerprint density at radius 1 is 1.26 bits per heavy atom. The Morgan fingerprint density at radius 2 is 2.11 bits per heavy atom. The Labute approximate surface area is 112 Å². The number of hydrogen-bond acceptors (Lipinski definition) is 4. The minimum absolute atomic E-state index is 0.240. The van der Waals surface area contributed by atoms with Crippen molar-refractivity contribution in [1.82, 2.24) is 9.97 Å². The number of anilines is 2. The lowest BCUT2D eigenvalue weighted by Crippen LogP contribution is -2.15. The summed E-state index contributed by atoms with van der Waals surface area (Å²) in [5.41, 5.74) is 1.85. The number of nitrogens with zero attached hydrogens (tertiary/aromatic N) is 2. The highest BCUT2D eigenvalue weighted by atomic mass is 16.1. The van der Waals surface area contributed by atoms with E-state index in [2.05, 4.69) is 20.6 Å². The van der Waals surface area contributed by atoms with Gasteiger partial charge in [0, 0.05) is 12.7 Å². The van der Waals surface area contributed by atoms with Crippen LogP contribution in [0.25, 0.3) is 0 Å². The average molecular weight is 256 g/mol. The molecule has 0 aromatic carbocycles. The third-order valence-corrected chi connectivity index (χ3v) is 2.59. The molecule has 0 bridgehead atoms. The summed E-state index contributed by atoms with van der Waals surface area (Å²) in [5.74, 6) is 0.453. The number of carbonyl (C=O) groups excluding carboxylic acids is 1. The van der Waals surface area contributed by atoms with E-state index >= 15 is 0 Å². The number of aryl methyl sites for hydroxylation is 1. The van der Waals surface area contributed by atoms with Gasteiger partial charge in [0.05, 0.1) is 11.4 Å². The molecular formula is C14H16N4O. The molecule has 2 N–H and O–H groups in total. The van der Waals surface area contributed by atoms with E-state index in [1.807, 2.05) is 26.0 Å². The van der Waals surface area contributed by atoms with Crippen molar-refractivity contribution >= 4 is 17.4 Å². The van der Waals surface area contributed by atoms with E-state index < -0.39 is 0 Å². The van der Waals surface area contributed by atoms with E-state index in [9.17, 15) is 4.79 Å². The van der Waals surface area contributed by atoms with Gasteiger partial charge in [-0.2, -0.15) is 0 Å². The van der Waals surface area contributed by atoms with Crippen molar-refractivity contribution in [3.8, 4) is 0 Å². The largest absolute Gasteiger partial charge is 0.370 e. The lowest BCUT2D eigenvalue weighted by Gasteiger charge is -2.08. The molecule has 0 aliphatic rings. The van der Waals surface area contributed by atoms with Gasteiger partial charge in [0.1, 0.15) is 11.5 Å². The van der Waals surface area contributed by atoms with Crippen LogP contribution in [0.5, 0.6) is 0 Å². The number of rotatable bonds is 4. The molecular weight excluding hydrogens is 240 g/mol. The van der Waals surface area contributed by atoms with Crippen molar-refractivity contribution in [2.24, 2.45) is 0 Å². The highest BCUT2D eigenvalue weighted by Crippen LogP contribution is 2.12. The van der Waals surface area contributed by atoms with Gasteiger partial charge in [-0.15, -0.1) is 0 Å². The van der Waals surface area contributed by atoms with Crippen LogP contribution in [0.1, 0.15) is 23.1 Å². The summed E-state index contributed by atoms with van der Waals surface area (Å²) < 4.78 is 0. The molecule has 0 unspecified atom stereocenters. The van der Waals surface area contributed by atoms with E-state index in [0.717, 1.165) is 12.2 Å². The summed E-state index contributed by atoms with van der Waals surface area (Å²) >= 11 is 0. The van der Waals surface area contributed by atoms with Crippen molar-refractivity contribution in [3.63, 3.8) is 0 Å². The zero-order valence-corrected chi connectivity index (χ0v) is 11.0. The first-order valence-corrected chi connectivity index (χ1v) is 6.14. The van der Waals surface area contributed by atoms with Gasteiger partial charge in [-0.3, -0.25) is 9.78 Å². The number of amides is 1. The Bertz CT molecular complexity index is 583. The van der Waals surface area contributed by atoms with Gasteiger partial charge in [0.15, 0.2) is 0 Å². The van der Waals surface area contributed by atoms with Gasteiger partial charge >= 0.3 is 0 Å². The number of aromatic nitrogens is 2. The van der Waals surface area contributed by atoms with Gasteiger partial charge in [-0.25, -0.2) is 4.98 Å². The molecule has 2 aromatic heterocycles. The molecule has 0 radical (unpaired) electrons. The third-order valence-electron chi connectivity index (χ3n) is 2.59. The van der Waals surface area contributed by atoms with E-state index in [0.29, 0.717) is 17.2 Å². The highest BCUT2D eigenvalue weighted by molar-refractivity contribution is 6.03. The average Bonchev–Trinajstić information content (AvgIpc) is 2.42. The quantitative estimate of drug-likeness (QED) is 0.881. The predicted molar refractivity (Wildman–Crippen MR) is 75.3 cm³/mol. The fraction of sp³-hybridized carbons (Fsp3) is 0.214. The topological polar surface area (TPSA) is 66.9 Å². The van der Waals surface area contributed by atoms with Crippen LogP contribution in [-0.4, -0.2) is 22.4 Å². The second kappa shape index (κ2) is 5.95. The zero-order valence-electron chi connectivity index (χ0n) is 11.0. The van der Waals surface area contributed by atoms with Crippen molar-refractivity contribution in [1.29, 1.82) is 0 Å². The molecule has 2 aromatic rings. The Balaban J connectivity index is 2.16. The Hall–Kier alpha value is -2.43. The molecule has 2 heterocycles. The van der Waals surface area contributed by atoms with Crippen LogP contribution < -0.4 is 10.6 Å². The predicted octanol–water partition coefficient (Wildman–Crippen LogP) is 2.47. The molecule has 5 heteroatoms. The van der Waals surface area contributed by atoms with Crippen LogP contribution in [0.15, 0.2) is 36.5 Å². The van der Waals surface area contributed by atoms with Crippen LogP contribution in [-0.2, 0) is 0 Å². The maximum absolute atomic E-state index is 12.1. The van der Waals surface area contributed by atoms with Gasteiger partial charge in [0.2, 0.25) is 0 Å². The van der Waals surface area contributed by atoms with Crippen LogP contribution in [0.3, 0.4) is 0 Å². The Morgan fingerprint density at radius 3 is 2.84 bits per heavy atom. The standard InChI is InChI=1S/C14H16N4O/c1-3-15-13-8-4-6-12(17-13)14(19)18-11-7-5-9-16-10(11)2/h4-9H,3H2,1-2H3,(H,15,17)(H,18,19). The molecule has 0 saturated carbocycles. The first-order chi connectivity index (χ1) is 9.20. The molecule has 5 nitrogen and oxygen atoms in total. The maximum atomic E-state index is 12.1. The molecule has 98 valence electrons. The van der Waals surface area contributed by atoms with Gasteiger partial charge < -0.3 is 10.6 Å². The SMILES string of the molecule is CCNc1cccc(C(=O)Nc2cccnc2C)n1. The fourth-order valence-electron chi connectivity index (χ4n) is 1.64. The number of carbonyl (C=O) groups is 1. The van der Waals surface area contributed by atoms with Crippen LogP contribution in [0.2, 0.25) is 0 Å². The summed E-state index contributed by atoms with van der Waals surface area (Å²) in [6.45, 7) is 4.59. The smallest absolute Gasteiger partial charge is 0.274 e. The number of pyridine rings is 2. The maximum Gasteiger partial charge on any atom is 0.274 e. The van der Waals surface area contributed by atoms with Crippen molar-refractivity contribution in [2.75, 3.05) is 17.2 Å². The summed E-state index contributed by atoms with van der Waals surface area (Å²) in [6, 6.07) is 8.91. The lowest BCUT2D eigenvalue weighted by molar-refractivity contribution is 0.102. The second-order valence-electron chi connectivity index (χ2n) is 4.03. The molecule has 0 atom stereocenters. The number of nitrogens with one attached hydrogen (secondary N) is 2. The second-order valence-corrected chi connectivity index (χ2v) is 4.03. The van der Waals surface area contributed by atoms with E-state index in [4.69, 9.17) is 0 Å². The van der Waals surface area contributed by atoms with Crippen LogP contribution in [0.4, 0.5) is 11.5 Å². The van der Waals surface area contributed by atoms with Crippen molar-refractivity contribution in [2.45, 2.75) is 13.8 Å². The molecule has 2 rings (SSSR count). The van der Waals surface area contributed by atoms with E-state index in [-0.39, 0.29) is 5.91 Å². The molecule has 0 spiro atoms. The third kappa shape index (κ3) is 3.28. The minimum atomic E-state index is -0.240. The van der Waals surface area contributed by atoms with Gasteiger partial charge in [0.25, 0.3) is 5.91 Å². The first kappa shape index (κ1) is 13.0. The molecule has 0 aliphatic heterocycles. The highest BCUT2D eigenvalue weighted by Gasteiger charge is 2.09. The first-order valence-electron chi connectivity index (χ1n) is 6.14. The molecule has 19 heavy (non-hydrogen) atoms. The van der Waals surface area contributed by atoms with E-state index in [1.165, 1.54) is 0 Å². The van der Waals surface area contributed by atoms with Crippen molar-refractivity contribution in [3.05, 3.63) is 47.9 Å². The summed E-state index contributed by atoms with van der Waals surface area (Å²) in [6.07, 6.45) is 1.69. The summed E-state index contributed by atoms with van der Waals surface area (Å²) in [7, 11) is 0. The molecule has 0 saturated heterocycles. The van der Waals surface area contributed by atoms with Gasteiger partial charge in [-0.05, 0) is 38.1 Å². The Kier molecular flexibility index (Phi) is 4.07. The van der Waals surface area contributed by atoms with Gasteiger partial charge in [-0.1, -0.05) is 6.07 Å².